The molecule has 3 heteroatoms. The Morgan fingerprint density at radius 3 is 3.19 bits per heavy atom. The monoisotopic (exact) mass is 218 g/mol. The molecule has 2 rings (SSSR count). The van der Waals surface area contributed by atoms with E-state index in [-0.39, 0.29) is 5.76 Å². The Hall–Kier alpha value is -1.51. The number of aliphatic hydroxyl groups is 1. The molecule has 1 aromatic rings. The van der Waals surface area contributed by atoms with Crippen molar-refractivity contribution in [2.75, 3.05) is 11.9 Å². The molecule has 1 aliphatic rings. The largest absolute Gasteiger partial charge is 0.513 e. The third-order valence-corrected chi connectivity index (χ3v) is 2.85. The van der Waals surface area contributed by atoms with Gasteiger partial charge in [-0.25, -0.2) is 4.98 Å². The summed E-state index contributed by atoms with van der Waals surface area (Å²) in [6.45, 7) is 4.50. The summed E-state index contributed by atoms with van der Waals surface area (Å²) < 4.78 is 0. The normalized spacial score (nSPS) is 14.0. The number of aromatic nitrogens is 1. The number of pyridine rings is 1. The zero-order valence-corrected chi connectivity index (χ0v) is 9.50. The summed E-state index contributed by atoms with van der Waals surface area (Å²) in [5.74, 6) is 1.31. The Kier molecular flexibility index (Phi) is 3.44. The van der Waals surface area contributed by atoms with Crippen molar-refractivity contribution in [2.24, 2.45) is 0 Å². The zero-order chi connectivity index (χ0) is 11.4. The fourth-order valence-electron chi connectivity index (χ4n) is 1.98. The van der Waals surface area contributed by atoms with Crippen LogP contribution in [0, 0.1) is 0 Å². The number of allylic oxidation sites excluding steroid dienone is 1. The minimum Gasteiger partial charge on any atom is -0.513 e. The van der Waals surface area contributed by atoms with Crippen LogP contribution in [-0.2, 0) is 12.8 Å². The van der Waals surface area contributed by atoms with Crippen LogP contribution in [-0.4, -0.2) is 16.6 Å². The van der Waals surface area contributed by atoms with Gasteiger partial charge in [-0.3, -0.25) is 0 Å². The number of hydrogen-bond donors (Lipinski definition) is 2. The van der Waals surface area contributed by atoms with Crippen LogP contribution in [0.25, 0.3) is 0 Å². The first-order chi connectivity index (χ1) is 7.75. The molecule has 1 aromatic heterocycles. The summed E-state index contributed by atoms with van der Waals surface area (Å²) in [7, 11) is 0. The van der Waals surface area contributed by atoms with E-state index in [9.17, 15) is 0 Å². The van der Waals surface area contributed by atoms with Crippen molar-refractivity contribution in [1.82, 2.24) is 4.98 Å². The van der Waals surface area contributed by atoms with E-state index in [0.29, 0.717) is 6.42 Å². The SMILES string of the molecule is C=C(O)CCCc1ccc2c(n1)NCCC2. The van der Waals surface area contributed by atoms with E-state index in [0.717, 1.165) is 37.3 Å². The number of fused-ring (bicyclic) bond motifs is 1. The average Bonchev–Trinajstić information content (AvgIpc) is 2.28. The first-order valence-electron chi connectivity index (χ1n) is 5.85. The fraction of sp³-hybridized carbons (Fsp3) is 0.462. The fourth-order valence-corrected chi connectivity index (χ4v) is 1.98. The minimum atomic E-state index is 0.260. The van der Waals surface area contributed by atoms with Crippen LogP contribution in [0.15, 0.2) is 24.5 Å². The van der Waals surface area contributed by atoms with Gasteiger partial charge in [0.1, 0.15) is 5.82 Å². The molecule has 0 unspecified atom stereocenters. The highest BCUT2D eigenvalue weighted by molar-refractivity contribution is 5.46. The molecule has 86 valence electrons. The molecule has 2 N–H and O–H groups in total. The lowest BCUT2D eigenvalue weighted by atomic mass is 10.1. The van der Waals surface area contributed by atoms with Crippen LogP contribution >= 0.6 is 0 Å². The number of hydrogen-bond acceptors (Lipinski definition) is 3. The summed E-state index contributed by atoms with van der Waals surface area (Å²) in [6.07, 6.45) is 4.78. The lowest BCUT2D eigenvalue weighted by Crippen LogP contribution is -2.13. The van der Waals surface area contributed by atoms with Gasteiger partial charge in [-0.15, -0.1) is 0 Å². The maximum absolute atomic E-state index is 9.00. The molecule has 0 aromatic carbocycles. The Balaban J connectivity index is 1.97. The summed E-state index contributed by atoms with van der Waals surface area (Å²) in [6, 6.07) is 4.25. The topological polar surface area (TPSA) is 45.2 Å². The first kappa shape index (κ1) is 11.0. The number of nitrogens with zero attached hydrogens (tertiary/aromatic N) is 1. The lowest BCUT2D eigenvalue weighted by molar-refractivity contribution is 0.386. The standard InChI is InChI=1S/C13H18N2O/c1-10(16)4-2-6-12-8-7-11-5-3-9-14-13(11)15-12/h7-8,16H,1-6,9H2,(H,14,15). The highest BCUT2D eigenvalue weighted by Gasteiger charge is 2.09. The van der Waals surface area contributed by atoms with Gasteiger partial charge in [0, 0.05) is 18.7 Å². The highest BCUT2D eigenvalue weighted by Crippen LogP contribution is 2.20. The van der Waals surface area contributed by atoms with Gasteiger partial charge < -0.3 is 10.4 Å². The molecular weight excluding hydrogens is 200 g/mol. The molecule has 0 spiro atoms. The Morgan fingerprint density at radius 2 is 2.38 bits per heavy atom. The first-order valence-corrected chi connectivity index (χ1v) is 5.85. The quantitative estimate of drug-likeness (QED) is 0.764. The minimum absolute atomic E-state index is 0.260. The third kappa shape index (κ3) is 2.75. The molecule has 2 heterocycles. The van der Waals surface area contributed by atoms with Crippen molar-refractivity contribution < 1.29 is 5.11 Å². The van der Waals surface area contributed by atoms with Crippen molar-refractivity contribution in [1.29, 1.82) is 0 Å². The van der Waals surface area contributed by atoms with E-state index in [1.807, 2.05) is 0 Å². The van der Waals surface area contributed by atoms with E-state index < -0.39 is 0 Å². The molecule has 0 saturated heterocycles. The van der Waals surface area contributed by atoms with Crippen LogP contribution in [0.4, 0.5) is 5.82 Å². The molecule has 0 bridgehead atoms. The van der Waals surface area contributed by atoms with Crippen molar-refractivity contribution in [2.45, 2.75) is 32.1 Å². The van der Waals surface area contributed by atoms with E-state index in [1.165, 1.54) is 12.0 Å². The van der Waals surface area contributed by atoms with Gasteiger partial charge in [0.25, 0.3) is 0 Å². The van der Waals surface area contributed by atoms with Crippen molar-refractivity contribution in [3.63, 3.8) is 0 Å². The van der Waals surface area contributed by atoms with Crippen molar-refractivity contribution in [3.8, 4) is 0 Å². The second-order valence-corrected chi connectivity index (χ2v) is 4.26. The predicted octanol–water partition coefficient (Wildman–Crippen LogP) is 2.83. The summed E-state index contributed by atoms with van der Waals surface area (Å²) in [5.41, 5.74) is 2.41. The molecular formula is C13H18N2O. The van der Waals surface area contributed by atoms with Gasteiger partial charge in [-0.05, 0) is 37.3 Å². The Labute approximate surface area is 96.2 Å². The number of rotatable bonds is 4. The predicted molar refractivity (Wildman–Crippen MR) is 65.8 cm³/mol. The molecule has 0 fully saturated rings. The van der Waals surface area contributed by atoms with Crippen LogP contribution in [0.1, 0.15) is 30.5 Å². The lowest BCUT2D eigenvalue weighted by Gasteiger charge is -2.17. The number of nitrogens with one attached hydrogen (secondary N) is 1. The molecule has 3 nitrogen and oxygen atoms in total. The van der Waals surface area contributed by atoms with Crippen molar-refractivity contribution >= 4 is 5.82 Å². The van der Waals surface area contributed by atoms with Gasteiger partial charge in [-0.2, -0.15) is 0 Å². The van der Waals surface area contributed by atoms with Gasteiger partial charge >= 0.3 is 0 Å². The molecule has 0 saturated carbocycles. The van der Waals surface area contributed by atoms with E-state index in [4.69, 9.17) is 5.11 Å². The van der Waals surface area contributed by atoms with Crippen LogP contribution in [0.3, 0.4) is 0 Å². The van der Waals surface area contributed by atoms with E-state index in [1.54, 1.807) is 0 Å². The zero-order valence-electron chi connectivity index (χ0n) is 9.50. The van der Waals surface area contributed by atoms with Gasteiger partial charge in [-0.1, -0.05) is 12.6 Å². The average molecular weight is 218 g/mol. The molecule has 16 heavy (non-hydrogen) atoms. The molecule has 0 atom stereocenters. The maximum Gasteiger partial charge on any atom is 0.129 e. The summed E-state index contributed by atoms with van der Waals surface area (Å²) >= 11 is 0. The molecule has 0 aliphatic carbocycles. The highest BCUT2D eigenvalue weighted by atomic mass is 16.3. The number of aryl methyl sites for hydroxylation is 2. The molecule has 0 amide bonds. The number of aliphatic hydroxyl groups excluding tert-OH is 1. The summed E-state index contributed by atoms with van der Waals surface area (Å²) in [5, 5.41) is 12.3. The van der Waals surface area contributed by atoms with Gasteiger partial charge in [0.15, 0.2) is 0 Å². The summed E-state index contributed by atoms with van der Waals surface area (Å²) in [4.78, 5) is 4.59. The second-order valence-electron chi connectivity index (χ2n) is 4.26. The third-order valence-electron chi connectivity index (χ3n) is 2.85. The van der Waals surface area contributed by atoms with Gasteiger partial charge in [0.05, 0.1) is 5.76 Å². The van der Waals surface area contributed by atoms with E-state index in [2.05, 4.69) is 29.0 Å². The smallest absolute Gasteiger partial charge is 0.129 e. The molecule has 0 radical (unpaired) electrons. The Morgan fingerprint density at radius 1 is 1.50 bits per heavy atom. The Bertz CT molecular complexity index is 388. The van der Waals surface area contributed by atoms with Crippen LogP contribution < -0.4 is 5.32 Å². The van der Waals surface area contributed by atoms with Crippen LogP contribution in [0.2, 0.25) is 0 Å². The second kappa shape index (κ2) is 5.01. The van der Waals surface area contributed by atoms with Crippen LogP contribution in [0.5, 0.6) is 0 Å². The molecule has 1 aliphatic heterocycles. The van der Waals surface area contributed by atoms with Gasteiger partial charge in [0.2, 0.25) is 0 Å². The van der Waals surface area contributed by atoms with E-state index >= 15 is 0 Å². The maximum atomic E-state index is 9.00. The number of anilines is 1. The van der Waals surface area contributed by atoms with Crippen molar-refractivity contribution in [3.05, 3.63) is 35.7 Å².